The van der Waals surface area contributed by atoms with Crippen LogP contribution < -0.4 is 5.32 Å². The normalized spacial score (nSPS) is 18.6. The number of amides is 1. The molecule has 1 amide bonds. The van der Waals surface area contributed by atoms with Crippen molar-refractivity contribution in [2.75, 3.05) is 26.2 Å². The van der Waals surface area contributed by atoms with Crippen LogP contribution >= 0.6 is 0 Å². The summed E-state index contributed by atoms with van der Waals surface area (Å²) in [4.78, 5) is 13.1. The molecule has 0 spiro atoms. The molecule has 0 radical (unpaired) electrons. The van der Waals surface area contributed by atoms with Crippen molar-refractivity contribution < 1.29 is 4.79 Å². The van der Waals surface area contributed by atoms with Gasteiger partial charge in [0.15, 0.2) is 0 Å². The monoisotopic (exact) mass is 166 g/mol. The number of nitrogens with zero attached hydrogens (tertiary/aromatic N) is 1. The second-order valence-corrected chi connectivity index (χ2v) is 2.87. The van der Waals surface area contributed by atoms with Crippen LogP contribution in [-0.2, 0) is 4.79 Å². The second kappa shape index (κ2) is 4.78. The van der Waals surface area contributed by atoms with E-state index in [1.165, 1.54) is 0 Å². The van der Waals surface area contributed by atoms with Gasteiger partial charge < -0.3 is 10.2 Å². The number of carbonyl (C=O) groups is 1. The molecule has 12 heavy (non-hydrogen) atoms. The molecule has 0 aromatic carbocycles. The number of rotatable bonds is 2. The van der Waals surface area contributed by atoms with Crippen LogP contribution in [-0.4, -0.2) is 37.0 Å². The van der Waals surface area contributed by atoms with Crippen LogP contribution in [0.15, 0.2) is 0 Å². The zero-order chi connectivity index (χ0) is 8.81. The van der Waals surface area contributed by atoms with Gasteiger partial charge in [0.2, 0.25) is 5.91 Å². The molecular formula is C9H14N2O. The molecule has 1 fully saturated rings. The summed E-state index contributed by atoms with van der Waals surface area (Å²) in [7, 11) is 0. The molecule has 3 heteroatoms. The first-order valence-electron chi connectivity index (χ1n) is 4.26. The summed E-state index contributed by atoms with van der Waals surface area (Å²) in [6, 6.07) is 0. The lowest BCUT2D eigenvalue weighted by atomic mass is 10.3. The Hall–Kier alpha value is -1.01. The average Bonchev–Trinajstić information content (AvgIpc) is 2.27. The smallest absolute Gasteiger partial charge is 0.236 e. The zero-order valence-electron chi connectivity index (χ0n) is 7.18. The van der Waals surface area contributed by atoms with Crippen LogP contribution in [0.2, 0.25) is 0 Å². The van der Waals surface area contributed by atoms with Crippen molar-refractivity contribution in [2.24, 2.45) is 0 Å². The van der Waals surface area contributed by atoms with Crippen LogP contribution in [0, 0.1) is 12.3 Å². The van der Waals surface area contributed by atoms with E-state index in [0.29, 0.717) is 19.5 Å². The maximum absolute atomic E-state index is 11.3. The van der Waals surface area contributed by atoms with Crippen LogP contribution in [0.1, 0.15) is 12.8 Å². The first-order chi connectivity index (χ1) is 5.84. The molecule has 1 aliphatic rings. The zero-order valence-corrected chi connectivity index (χ0v) is 7.18. The van der Waals surface area contributed by atoms with Gasteiger partial charge in [0.05, 0.1) is 6.54 Å². The van der Waals surface area contributed by atoms with Crippen molar-refractivity contribution in [1.29, 1.82) is 0 Å². The molecule has 1 heterocycles. The third-order valence-corrected chi connectivity index (χ3v) is 1.94. The molecule has 66 valence electrons. The predicted molar refractivity (Wildman–Crippen MR) is 47.5 cm³/mol. The Labute approximate surface area is 73.1 Å². The topological polar surface area (TPSA) is 32.3 Å². The van der Waals surface area contributed by atoms with Gasteiger partial charge in [0.1, 0.15) is 0 Å². The van der Waals surface area contributed by atoms with E-state index in [1.807, 2.05) is 4.90 Å². The highest BCUT2D eigenvalue weighted by molar-refractivity contribution is 5.78. The van der Waals surface area contributed by atoms with E-state index in [0.717, 1.165) is 19.5 Å². The molecular weight excluding hydrogens is 152 g/mol. The Kier molecular flexibility index (Phi) is 3.62. The van der Waals surface area contributed by atoms with E-state index in [-0.39, 0.29) is 5.91 Å². The number of carbonyl (C=O) groups excluding carboxylic acids is 1. The van der Waals surface area contributed by atoms with E-state index in [9.17, 15) is 4.79 Å². The lowest BCUT2D eigenvalue weighted by molar-refractivity contribution is -0.129. The van der Waals surface area contributed by atoms with Gasteiger partial charge in [-0.05, 0) is 13.0 Å². The summed E-state index contributed by atoms with van der Waals surface area (Å²) < 4.78 is 0. The van der Waals surface area contributed by atoms with Crippen molar-refractivity contribution >= 4 is 5.91 Å². The van der Waals surface area contributed by atoms with Gasteiger partial charge >= 0.3 is 0 Å². The van der Waals surface area contributed by atoms with Gasteiger partial charge in [-0.15, -0.1) is 12.3 Å². The van der Waals surface area contributed by atoms with Gasteiger partial charge in [0, 0.05) is 19.5 Å². The minimum absolute atomic E-state index is 0.169. The Morgan fingerprint density at radius 1 is 1.67 bits per heavy atom. The van der Waals surface area contributed by atoms with Crippen molar-refractivity contribution in [3.63, 3.8) is 0 Å². The summed E-state index contributed by atoms with van der Waals surface area (Å²) in [5.74, 6) is 2.71. The maximum atomic E-state index is 11.3. The number of terminal acetylenes is 1. The molecule has 0 atom stereocenters. The number of nitrogens with one attached hydrogen (secondary N) is 1. The lowest BCUT2D eigenvalue weighted by Crippen LogP contribution is -2.35. The van der Waals surface area contributed by atoms with E-state index in [4.69, 9.17) is 6.42 Å². The largest absolute Gasteiger partial charge is 0.341 e. The third kappa shape index (κ3) is 2.55. The molecule has 0 unspecified atom stereocenters. The minimum Gasteiger partial charge on any atom is -0.341 e. The molecule has 0 aliphatic carbocycles. The molecule has 0 bridgehead atoms. The van der Waals surface area contributed by atoms with Crippen LogP contribution in [0.3, 0.4) is 0 Å². The molecule has 1 N–H and O–H groups in total. The second-order valence-electron chi connectivity index (χ2n) is 2.87. The van der Waals surface area contributed by atoms with E-state index >= 15 is 0 Å². The van der Waals surface area contributed by atoms with Crippen molar-refractivity contribution in [3.8, 4) is 12.3 Å². The summed E-state index contributed by atoms with van der Waals surface area (Å²) >= 11 is 0. The molecule has 3 nitrogen and oxygen atoms in total. The first-order valence-corrected chi connectivity index (χ1v) is 4.26. The van der Waals surface area contributed by atoms with Crippen LogP contribution in [0.5, 0.6) is 0 Å². The fourth-order valence-corrected chi connectivity index (χ4v) is 1.26. The van der Waals surface area contributed by atoms with Crippen LogP contribution in [0.4, 0.5) is 0 Å². The third-order valence-electron chi connectivity index (χ3n) is 1.94. The van der Waals surface area contributed by atoms with Gasteiger partial charge in [-0.2, -0.15) is 0 Å². The highest BCUT2D eigenvalue weighted by Gasteiger charge is 2.14. The number of hydrogen-bond acceptors (Lipinski definition) is 2. The van der Waals surface area contributed by atoms with E-state index in [1.54, 1.807) is 0 Å². The molecule has 1 saturated heterocycles. The molecule has 1 rings (SSSR count). The molecule has 1 aliphatic heterocycles. The molecule has 0 aromatic heterocycles. The summed E-state index contributed by atoms with van der Waals surface area (Å²) in [5.41, 5.74) is 0. The number of hydrogen-bond donors (Lipinski definition) is 1. The van der Waals surface area contributed by atoms with Crippen LogP contribution in [0.25, 0.3) is 0 Å². The van der Waals surface area contributed by atoms with Gasteiger partial charge in [-0.25, -0.2) is 0 Å². The molecule has 0 saturated carbocycles. The highest BCUT2D eigenvalue weighted by Crippen LogP contribution is 1.97. The first kappa shape index (κ1) is 9.08. The Morgan fingerprint density at radius 2 is 2.50 bits per heavy atom. The van der Waals surface area contributed by atoms with E-state index in [2.05, 4.69) is 11.2 Å². The molecule has 0 aromatic rings. The summed E-state index contributed by atoms with van der Waals surface area (Å²) in [5, 5.41) is 3.06. The van der Waals surface area contributed by atoms with Crippen molar-refractivity contribution in [3.05, 3.63) is 0 Å². The van der Waals surface area contributed by atoms with Crippen molar-refractivity contribution in [2.45, 2.75) is 12.8 Å². The van der Waals surface area contributed by atoms with Gasteiger partial charge in [0.25, 0.3) is 0 Å². The lowest BCUT2D eigenvalue weighted by Gasteiger charge is -2.18. The fourth-order valence-electron chi connectivity index (χ4n) is 1.26. The Balaban J connectivity index is 2.38. The Bertz CT molecular complexity index is 195. The van der Waals surface area contributed by atoms with E-state index < -0.39 is 0 Å². The van der Waals surface area contributed by atoms with Crippen molar-refractivity contribution in [1.82, 2.24) is 10.2 Å². The summed E-state index contributed by atoms with van der Waals surface area (Å²) in [6.45, 7) is 2.94. The van der Waals surface area contributed by atoms with Gasteiger partial charge in [-0.3, -0.25) is 4.79 Å². The quantitative estimate of drug-likeness (QED) is 0.578. The Morgan fingerprint density at radius 3 is 3.25 bits per heavy atom. The average molecular weight is 166 g/mol. The maximum Gasteiger partial charge on any atom is 0.236 e. The fraction of sp³-hybridized carbons (Fsp3) is 0.667. The van der Waals surface area contributed by atoms with Gasteiger partial charge in [-0.1, -0.05) is 0 Å². The highest BCUT2D eigenvalue weighted by atomic mass is 16.2. The predicted octanol–water partition coefficient (Wildman–Crippen LogP) is -0.168. The summed E-state index contributed by atoms with van der Waals surface area (Å²) in [6.07, 6.45) is 6.81. The minimum atomic E-state index is 0.169. The SMILES string of the molecule is C#CCCN1CCCNCC1=O. The standard InChI is InChI=1S/C9H14N2O/c1-2-3-6-11-7-4-5-10-8-9(11)12/h1,10H,3-8H2.